The number of nitrogens with one attached hydrogen (secondary N) is 1. The lowest BCUT2D eigenvalue weighted by atomic mass is 10.1. The third-order valence-electron chi connectivity index (χ3n) is 4.10. The van der Waals surface area contributed by atoms with Crippen molar-refractivity contribution in [3.63, 3.8) is 0 Å². The number of rotatable bonds is 5. The Bertz CT molecular complexity index is 645. The van der Waals surface area contributed by atoms with Crippen LogP contribution in [0.25, 0.3) is 0 Å². The summed E-state index contributed by atoms with van der Waals surface area (Å²) < 4.78 is 38.4. The maximum atomic E-state index is 12.9. The molecule has 2 fully saturated rings. The van der Waals surface area contributed by atoms with Crippen LogP contribution in [-0.4, -0.2) is 58.7 Å². The Labute approximate surface area is 153 Å². The van der Waals surface area contributed by atoms with E-state index >= 15 is 0 Å². The molecule has 1 N–H and O–H groups in total. The first-order valence-corrected chi connectivity index (χ1v) is 9.60. The zero-order valence-corrected chi connectivity index (χ0v) is 15.6. The molecule has 9 heteroatoms. The maximum Gasteiger partial charge on any atom is 0.246 e. The van der Waals surface area contributed by atoms with Crippen LogP contribution in [0, 0.1) is 5.92 Å². The molecular weight excluding hydrogens is 375 g/mol. The van der Waals surface area contributed by atoms with Gasteiger partial charge in [0, 0.05) is 43.7 Å². The minimum absolute atomic E-state index is 0. The highest BCUT2D eigenvalue weighted by molar-refractivity contribution is 7.89. The van der Waals surface area contributed by atoms with Crippen LogP contribution in [0.5, 0.6) is 5.75 Å². The van der Waals surface area contributed by atoms with Crippen molar-refractivity contribution in [3.8, 4) is 5.75 Å². The van der Waals surface area contributed by atoms with Gasteiger partial charge in [0.05, 0.1) is 13.2 Å². The summed E-state index contributed by atoms with van der Waals surface area (Å²) in [5.41, 5.74) is 0. The van der Waals surface area contributed by atoms with Gasteiger partial charge in [-0.1, -0.05) is 11.6 Å². The molecule has 2 aliphatic heterocycles. The van der Waals surface area contributed by atoms with E-state index in [2.05, 4.69) is 5.32 Å². The van der Waals surface area contributed by atoms with E-state index in [1.165, 1.54) is 10.4 Å². The van der Waals surface area contributed by atoms with Crippen molar-refractivity contribution >= 4 is 34.0 Å². The van der Waals surface area contributed by atoms with Crippen LogP contribution in [0.1, 0.15) is 6.42 Å². The number of benzene rings is 1. The van der Waals surface area contributed by atoms with Crippen molar-refractivity contribution in [2.45, 2.75) is 11.3 Å². The van der Waals surface area contributed by atoms with E-state index in [9.17, 15) is 8.42 Å². The third-order valence-corrected chi connectivity index (χ3v) is 6.25. The van der Waals surface area contributed by atoms with Crippen LogP contribution >= 0.6 is 24.0 Å². The maximum absolute atomic E-state index is 12.9. The Hall–Kier alpha value is -0.570. The highest BCUT2D eigenvalue weighted by Gasteiger charge is 2.29. The molecule has 1 unspecified atom stereocenters. The van der Waals surface area contributed by atoms with Crippen molar-refractivity contribution in [2.24, 2.45) is 5.92 Å². The zero-order valence-electron chi connectivity index (χ0n) is 13.2. The molecule has 136 valence electrons. The molecule has 0 spiro atoms. The van der Waals surface area contributed by atoms with E-state index in [1.54, 1.807) is 12.1 Å². The summed E-state index contributed by atoms with van der Waals surface area (Å²) in [5.74, 6) is 0.667. The molecule has 0 amide bonds. The molecule has 24 heavy (non-hydrogen) atoms. The quantitative estimate of drug-likeness (QED) is 0.821. The normalized spacial score (nSPS) is 22.1. The summed E-state index contributed by atoms with van der Waals surface area (Å²) in [7, 11) is -3.61. The van der Waals surface area contributed by atoms with Gasteiger partial charge in [0.1, 0.15) is 10.6 Å². The van der Waals surface area contributed by atoms with Crippen molar-refractivity contribution in [1.29, 1.82) is 0 Å². The molecule has 1 aromatic rings. The third kappa shape index (κ3) is 4.53. The molecule has 1 aromatic carbocycles. The molecule has 1 atom stereocenters. The van der Waals surface area contributed by atoms with E-state index in [4.69, 9.17) is 21.1 Å². The van der Waals surface area contributed by atoms with Gasteiger partial charge in [0.15, 0.2) is 0 Å². The SMILES string of the molecule is Cl.O=S(=O)(c1cc(Cl)ccc1OCC1CCOC1)N1CCNCC1. The molecule has 0 radical (unpaired) electrons. The molecule has 2 aliphatic rings. The Kier molecular flexibility index (Phi) is 7.15. The van der Waals surface area contributed by atoms with Crippen molar-refractivity contribution in [1.82, 2.24) is 9.62 Å². The number of piperazine rings is 1. The van der Waals surface area contributed by atoms with Crippen LogP contribution in [0.4, 0.5) is 0 Å². The summed E-state index contributed by atoms with van der Waals surface area (Å²) in [6.45, 7) is 4.04. The first-order chi connectivity index (χ1) is 11.1. The van der Waals surface area contributed by atoms with E-state index in [-0.39, 0.29) is 17.3 Å². The zero-order chi connectivity index (χ0) is 16.3. The molecule has 0 aliphatic carbocycles. The number of nitrogens with zero attached hydrogens (tertiary/aromatic N) is 1. The lowest BCUT2D eigenvalue weighted by Gasteiger charge is -2.27. The molecule has 6 nitrogen and oxygen atoms in total. The average Bonchev–Trinajstić information content (AvgIpc) is 3.08. The number of ether oxygens (including phenoxy) is 2. The molecule has 0 bridgehead atoms. The second-order valence-electron chi connectivity index (χ2n) is 5.79. The minimum atomic E-state index is -3.61. The predicted molar refractivity (Wildman–Crippen MR) is 94.7 cm³/mol. The Balaban J connectivity index is 0.00000208. The lowest BCUT2D eigenvalue weighted by molar-refractivity contribution is 0.166. The van der Waals surface area contributed by atoms with Crippen LogP contribution in [0.2, 0.25) is 5.02 Å². The smallest absolute Gasteiger partial charge is 0.246 e. The molecule has 2 heterocycles. The van der Waals surface area contributed by atoms with Crippen LogP contribution < -0.4 is 10.1 Å². The Morgan fingerprint density at radius 2 is 2.08 bits per heavy atom. The average molecular weight is 397 g/mol. The molecule has 0 saturated carbocycles. The van der Waals surface area contributed by atoms with Crippen LogP contribution in [-0.2, 0) is 14.8 Å². The summed E-state index contributed by atoms with van der Waals surface area (Å²) in [5, 5.41) is 3.53. The van der Waals surface area contributed by atoms with Gasteiger partial charge in [-0.25, -0.2) is 8.42 Å². The number of hydrogen-bond acceptors (Lipinski definition) is 5. The number of hydrogen-bond donors (Lipinski definition) is 1. The highest BCUT2D eigenvalue weighted by Crippen LogP contribution is 2.30. The number of sulfonamides is 1. The minimum Gasteiger partial charge on any atom is -0.492 e. The first-order valence-electron chi connectivity index (χ1n) is 7.78. The molecule has 2 saturated heterocycles. The molecule has 3 rings (SSSR count). The van der Waals surface area contributed by atoms with E-state index in [0.29, 0.717) is 56.1 Å². The Morgan fingerprint density at radius 3 is 2.75 bits per heavy atom. The number of halogens is 2. The van der Waals surface area contributed by atoms with E-state index < -0.39 is 10.0 Å². The standard InChI is InChI=1S/C15H21ClN2O4S.ClH/c16-13-1-2-14(22-11-12-3-8-21-10-12)15(9-13)23(19,20)18-6-4-17-5-7-18;/h1-2,9,12,17H,3-8,10-11H2;1H. The molecule has 0 aromatic heterocycles. The van der Waals surface area contributed by atoms with Gasteiger partial charge in [-0.2, -0.15) is 4.31 Å². The fourth-order valence-corrected chi connectivity index (χ4v) is 4.58. The fourth-order valence-electron chi connectivity index (χ4n) is 2.75. The van der Waals surface area contributed by atoms with Gasteiger partial charge in [0.25, 0.3) is 0 Å². The van der Waals surface area contributed by atoms with Gasteiger partial charge in [-0.05, 0) is 24.6 Å². The van der Waals surface area contributed by atoms with E-state index in [1.807, 2.05) is 0 Å². The fraction of sp³-hybridized carbons (Fsp3) is 0.600. The summed E-state index contributed by atoms with van der Waals surface area (Å²) in [6, 6.07) is 4.76. The van der Waals surface area contributed by atoms with Crippen molar-refractivity contribution in [2.75, 3.05) is 46.0 Å². The van der Waals surface area contributed by atoms with Crippen molar-refractivity contribution < 1.29 is 17.9 Å². The summed E-state index contributed by atoms with van der Waals surface area (Å²) >= 11 is 6.02. The van der Waals surface area contributed by atoms with Gasteiger partial charge in [-0.3, -0.25) is 0 Å². The van der Waals surface area contributed by atoms with Gasteiger partial charge < -0.3 is 14.8 Å². The van der Waals surface area contributed by atoms with Gasteiger partial charge in [0.2, 0.25) is 10.0 Å². The van der Waals surface area contributed by atoms with Crippen molar-refractivity contribution in [3.05, 3.63) is 23.2 Å². The second kappa shape index (κ2) is 8.69. The largest absolute Gasteiger partial charge is 0.492 e. The van der Waals surface area contributed by atoms with Crippen LogP contribution in [0.15, 0.2) is 23.1 Å². The summed E-state index contributed by atoms with van der Waals surface area (Å²) in [6.07, 6.45) is 0.938. The summed E-state index contributed by atoms with van der Waals surface area (Å²) in [4.78, 5) is 0.144. The first kappa shape index (κ1) is 19.8. The topological polar surface area (TPSA) is 67.9 Å². The van der Waals surface area contributed by atoms with Gasteiger partial charge in [-0.15, -0.1) is 12.4 Å². The van der Waals surface area contributed by atoms with Gasteiger partial charge >= 0.3 is 0 Å². The van der Waals surface area contributed by atoms with Crippen LogP contribution in [0.3, 0.4) is 0 Å². The molecular formula is C15H22Cl2N2O4S. The second-order valence-corrected chi connectivity index (χ2v) is 8.13. The predicted octanol–water partition coefficient (Wildman–Crippen LogP) is 1.77. The highest BCUT2D eigenvalue weighted by atomic mass is 35.5. The van der Waals surface area contributed by atoms with E-state index in [0.717, 1.165) is 13.0 Å². The lowest BCUT2D eigenvalue weighted by Crippen LogP contribution is -2.46. The Morgan fingerprint density at radius 1 is 1.33 bits per heavy atom. The monoisotopic (exact) mass is 396 g/mol.